The van der Waals surface area contributed by atoms with Gasteiger partial charge in [-0.05, 0) is 136 Å². The van der Waals surface area contributed by atoms with Crippen LogP contribution in [-0.2, 0) is 80.4 Å². The summed E-state index contributed by atoms with van der Waals surface area (Å²) in [6.07, 6.45) is 24.8. The van der Waals surface area contributed by atoms with Gasteiger partial charge in [-0.25, -0.2) is 4.98 Å². The van der Waals surface area contributed by atoms with Crippen molar-refractivity contribution in [1.82, 2.24) is 59.8 Å². The third-order valence-corrected chi connectivity index (χ3v) is 19.1. The average Bonchev–Trinajstić information content (AvgIpc) is 1.64. The van der Waals surface area contributed by atoms with Crippen molar-refractivity contribution in [2.75, 3.05) is 0 Å². The van der Waals surface area contributed by atoms with Crippen molar-refractivity contribution < 1.29 is 98.1 Å². The van der Waals surface area contributed by atoms with E-state index in [2.05, 4.69) is 108 Å². The zero-order valence-corrected chi connectivity index (χ0v) is 77.2. The van der Waals surface area contributed by atoms with Crippen LogP contribution in [0, 0.1) is 48.5 Å². The van der Waals surface area contributed by atoms with Gasteiger partial charge in [-0.15, -0.1) is 216 Å². The van der Waals surface area contributed by atoms with Crippen LogP contribution in [-0.4, -0.2) is 59.8 Å². The van der Waals surface area contributed by atoms with Crippen LogP contribution in [0.2, 0.25) is 0 Å². The van der Waals surface area contributed by atoms with E-state index in [1.54, 1.807) is 80.6 Å². The minimum Gasteiger partial charge on any atom is -0.500 e. The first-order valence-electron chi connectivity index (χ1n) is 39.5. The molecule has 128 heavy (non-hydrogen) atoms. The van der Waals surface area contributed by atoms with E-state index in [1.165, 1.54) is 0 Å². The molecule has 16 nitrogen and oxygen atoms in total. The van der Waals surface area contributed by atoms with Crippen molar-refractivity contribution >= 4 is 88.0 Å². The molecule has 16 aromatic heterocycles. The van der Waals surface area contributed by atoms with Gasteiger partial charge in [-0.1, -0.05) is 135 Å². The third kappa shape index (κ3) is 22.5. The second-order valence-electron chi connectivity index (χ2n) is 27.1. The van der Waals surface area contributed by atoms with Crippen molar-refractivity contribution in [3.8, 4) is 90.1 Å². The number of fused-ring (bicyclic) bond motifs is 12. The summed E-state index contributed by atoms with van der Waals surface area (Å²) in [5.74, 6) is 0. The summed E-state index contributed by atoms with van der Waals surface area (Å²) in [7, 11) is 0. The second-order valence-corrected chi connectivity index (χ2v) is 27.1. The summed E-state index contributed by atoms with van der Waals surface area (Å²) in [6, 6.07) is 130. The summed E-state index contributed by atoms with van der Waals surface area (Å²) < 4.78 is 23.6. The molecule has 0 atom stereocenters. The predicted molar refractivity (Wildman–Crippen MR) is 488 cm³/mol. The molecule has 0 unspecified atom stereocenters. The molecule has 0 amide bonds. The first kappa shape index (κ1) is 91.1. The van der Waals surface area contributed by atoms with E-state index in [0.29, 0.717) is 5.71 Å². The Morgan fingerprint density at radius 3 is 0.883 bits per heavy atom. The van der Waals surface area contributed by atoms with Crippen molar-refractivity contribution in [3.05, 3.63) is 463 Å². The quantitative estimate of drug-likeness (QED) is 0.130. The van der Waals surface area contributed by atoms with Crippen molar-refractivity contribution in [2.45, 2.75) is 0 Å². The summed E-state index contributed by atoms with van der Waals surface area (Å²) in [4.78, 5) is 51.2. The van der Waals surface area contributed by atoms with E-state index < -0.39 is 0 Å². The summed E-state index contributed by atoms with van der Waals surface area (Å²) in [5.41, 5.74) is 22.1. The van der Waals surface area contributed by atoms with Gasteiger partial charge >= 0.3 is 0 Å². The van der Waals surface area contributed by atoms with Gasteiger partial charge in [0, 0.05) is 177 Å². The van der Waals surface area contributed by atoms with Crippen LogP contribution in [0.1, 0.15) is 0 Å². The molecule has 16 heterocycles. The molecule has 628 valence electrons. The Morgan fingerprint density at radius 1 is 0.180 bits per heavy atom. The molecule has 0 N–H and O–H groups in total. The molecule has 8 aromatic carbocycles. The Kier molecular flexibility index (Phi) is 33.0. The topological polar surface area (TPSA) is 207 Å². The zero-order chi connectivity index (χ0) is 83.5. The monoisotopic (exact) mass is 2370 g/mol. The number of nitrogens with zero attached hydrogens (tertiary/aromatic N) is 12. The normalized spacial score (nSPS) is 10.2. The van der Waals surface area contributed by atoms with Gasteiger partial charge in [0.1, 0.15) is 16.7 Å². The maximum Gasteiger partial charge on any atom is 0.216 e. The Morgan fingerprint density at radius 2 is 0.492 bits per heavy atom. The maximum absolute atomic E-state index is 5.93. The Bertz CT molecular complexity index is 6420. The minimum absolute atomic E-state index is 0. The van der Waals surface area contributed by atoms with Crippen LogP contribution in [0.3, 0.4) is 0 Å². The van der Waals surface area contributed by atoms with E-state index in [9.17, 15) is 0 Å². The zero-order valence-electron chi connectivity index (χ0n) is 67.6. The number of benzene rings is 8. The molecule has 0 aliphatic carbocycles. The fourth-order valence-corrected chi connectivity index (χ4v) is 13.4. The van der Waals surface area contributed by atoms with Crippen LogP contribution in [0.25, 0.3) is 178 Å². The number of furan rings is 4. The molecule has 0 spiro atoms. The number of pyridine rings is 12. The summed E-state index contributed by atoms with van der Waals surface area (Å²) in [5, 5.41) is 7.25. The van der Waals surface area contributed by atoms with Gasteiger partial charge in [0.15, 0.2) is 0 Å². The Labute approximate surface area is 792 Å². The molecule has 0 aliphatic rings. The number of hydrogen-bond donors (Lipinski definition) is 0. The van der Waals surface area contributed by atoms with Crippen LogP contribution < -0.4 is 0 Å². The summed E-state index contributed by atoms with van der Waals surface area (Å²) in [6.45, 7) is 0. The summed E-state index contributed by atoms with van der Waals surface area (Å²) >= 11 is 0. The smallest absolute Gasteiger partial charge is 0.216 e. The standard InChI is InChI=1S/4C16H9N2O.4C11H8N.4Ir/c1-2-9-17-14(8-1)13-6-3-5-11-12-7-4-10-18-16(12)19-15(11)13;1-2-9-17-13(7-1)11-5-3-6-12-15-14(19-16(11)12)8-4-10-18-15;1-2-8-18-14(6-1)13-5-3-4-12-11-7-9-17-10-15(11)19-16(12)13;1-2-8-18-14(6-1)12-5-3-4-11-13-10-17-9-7-15(13)19-16(11)12;4*1-2-6-10(7-3-1)11-8-4-5-9-12-11;;;;/h1-5,7-10H;3*1-4,6-10H;4*1-6,8-9H;;;;/q8*-1;;;;. The van der Waals surface area contributed by atoms with Crippen LogP contribution in [0.4, 0.5) is 0 Å². The molecular formula is C108H68Ir4N12O4-8. The Balaban J connectivity index is 0.000000126. The first-order chi connectivity index (χ1) is 61.6. The first-order valence-corrected chi connectivity index (χ1v) is 39.5. The van der Waals surface area contributed by atoms with Crippen LogP contribution >= 0.6 is 0 Å². The van der Waals surface area contributed by atoms with E-state index in [0.717, 1.165) is 172 Å². The van der Waals surface area contributed by atoms with E-state index in [1.807, 2.05) is 334 Å². The molecule has 0 bridgehead atoms. The molecule has 0 saturated heterocycles. The molecule has 4 radical (unpaired) electrons. The van der Waals surface area contributed by atoms with Crippen LogP contribution in [0.5, 0.6) is 0 Å². The average molecular weight is 2370 g/mol. The van der Waals surface area contributed by atoms with Gasteiger partial charge in [0.25, 0.3) is 0 Å². The van der Waals surface area contributed by atoms with Gasteiger partial charge in [0.2, 0.25) is 5.71 Å². The number of rotatable bonds is 8. The molecular weight excluding hydrogens is 2300 g/mol. The fourth-order valence-electron chi connectivity index (χ4n) is 13.4. The molecule has 24 aromatic rings. The van der Waals surface area contributed by atoms with Crippen molar-refractivity contribution in [2.24, 2.45) is 0 Å². The van der Waals surface area contributed by atoms with Gasteiger partial charge in [-0.2, -0.15) is 0 Å². The van der Waals surface area contributed by atoms with Gasteiger partial charge in [0.05, 0.1) is 34.0 Å². The van der Waals surface area contributed by atoms with E-state index >= 15 is 0 Å². The Hall–Kier alpha value is -14.6. The number of aromatic nitrogens is 12. The number of hydrogen-bond acceptors (Lipinski definition) is 16. The van der Waals surface area contributed by atoms with Gasteiger partial charge in [-0.3, -0.25) is 15.0 Å². The molecule has 20 heteroatoms. The second kappa shape index (κ2) is 46.4. The minimum atomic E-state index is 0. The molecule has 0 fully saturated rings. The SMILES string of the molecule is [Ir].[Ir].[Ir].[Ir].[c-]1ccc2c(oc3cccnc32)c1-c1ccccn1.[c-]1ccc2c(oc3ccncc32)c1-c1ccccn1.[c-]1ccc2c(oc3cnccc32)c1-c1ccccn1.[c-]1ccc2c(oc3ncccc32)c1-c1ccccn1.[c-]1ccccc1-c1ccccn1.[c-]1ccccc1-c1ccccn1.[c-]1ccccc1-c1ccccn1.[c-]1ccccc1-c1ccccn1. The van der Waals surface area contributed by atoms with E-state index in [4.69, 9.17) is 17.7 Å². The van der Waals surface area contributed by atoms with Gasteiger partial charge < -0.3 is 57.5 Å². The molecule has 24 rings (SSSR count). The largest absolute Gasteiger partial charge is 0.500 e. The molecule has 0 aliphatic heterocycles. The fraction of sp³-hybridized carbons (Fsp3) is 0. The maximum atomic E-state index is 5.93. The van der Waals surface area contributed by atoms with Crippen LogP contribution in [0.15, 0.2) is 432 Å². The predicted octanol–water partition coefficient (Wildman–Crippen LogP) is 25.6. The third-order valence-electron chi connectivity index (χ3n) is 19.1. The van der Waals surface area contributed by atoms with E-state index in [-0.39, 0.29) is 80.4 Å². The molecule has 0 saturated carbocycles. The van der Waals surface area contributed by atoms with Crippen molar-refractivity contribution in [1.29, 1.82) is 0 Å². The van der Waals surface area contributed by atoms with Crippen molar-refractivity contribution in [3.63, 3.8) is 0 Å².